The maximum absolute atomic E-state index is 9.32. The van der Waals surface area contributed by atoms with Gasteiger partial charge >= 0.3 is 0 Å². The fraction of sp³-hybridized carbons (Fsp3) is 0.111. The molecule has 1 atom stereocenters. The second-order valence-electron chi connectivity index (χ2n) is 5.05. The third kappa shape index (κ3) is 2.51. The minimum atomic E-state index is -0.0503. The molecule has 3 rings (SSSR count). The van der Waals surface area contributed by atoms with Gasteiger partial charge in [-0.15, -0.1) is 0 Å². The Morgan fingerprint density at radius 3 is 2.35 bits per heavy atom. The highest BCUT2D eigenvalue weighted by Crippen LogP contribution is 2.25. The van der Waals surface area contributed by atoms with Gasteiger partial charge in [-0.1, -0.05) is 54.6 Å². The van der Waals surface area contributed by atoms with E-state index >= 15 is 0 Å². The maximum Gasteiger partial charge on any atom is 0.115 e. The summed E-state index contributed by atoms with van der Waals surface area (Å²) in [6.45, 7) is 0. The fourth-order valence-electron chi connectivity index (χ4n) is 2.57. The average molecular weight is 263 g/mol. The lowest BCUT2D eigenvalue weighted by Gasteiger charge is -2.15. The van der Waals surface area contributed by atoms with Crippen LogP contribution in [0.2, 0.25) is 0 Å². The molecule has 3 aromatic rings. The number of rotatable bonds is 3. The molecule has 3 N–H and O–H groups in total. The van der Waals surface area contributed by atoms with E-state index in [9.17, 15) is 5.11 Å². The van der Waals surface area contributed by atoms with Crippen molar-refractivity contribution >= 4 is 10.8 Å². The molecular weight excluding hydrogens is 246 g/mol. The van der Waals surface area contributed by atoms with E-state index in [-0.39, 0.29) is 11.8 Å². The van der Waals surface area contributed by atoms with Crippen LogP contribution in [0.3, 0.4) is 0 Å². The van der Waals surface area contributed by atoms with Gasteiger partial charge in [-0.2, -0.15) is 0 Å². The van der Waals surface area contributed by atoms with Crippen molar-refractivity contribution in [3.05, 3.63) is 77.9 Å². The van der Waals surface area contributed by atoms with Gasteiger partial charge in [0.1, 0.15) is 5.75 Å². The molecule has 0 heterocycles. The summed E-state index contributed by atoms with van der Waals surface area (Å²) in [5.41, 5.74) is 8.66. The van der Waals surface area contributed by atoms with E-state index in [1.165, 1.54) is 10.8 Å². The fourth-order valence-corrected chi connectivity index (χ4v) is 2.57. The highest BCUT2D eigenvalue weighted by atomic mass is 16.3. The molecule has 0 fully saturated rings. The summed E-state index contributed by atoms with van der Waals surface area (Å²) in [5.74, 6) is 0.285. The lowest BCUT2D eigenvalue weighted by atomic mass is 9.95. The second kappa shape index (κ2) is 5.35. The smallest absolute Gasteiger partial charge is 0.115 e. The van der Waals surface area contributed by atoms with Crippen molar-refractivity contribution in [1.29, 1.82) is 0 Å². The van der Waals surface area contributed by atoms with Crippen molar-refractivity contribution in [3.8, 4) is 5.75 Å². The summed E-state index contributed by atoms with van der Waals surface area (Å²) < 4.78 is 0. The molecule has 3 aromatic carbocycles. The molecular formula is C18H17NO. The van der Waals surface area contributed by atoms with Crippen molar-refractivity contribution in [1.82, 2.24) is 0 Å². The number of benzene rings is 3. The van der Waals surface area contributed by atoms with Crippen LogP contribution in [0, 0.1) is 0 Å². The monoisotopic (exact) mass is 263 g/mol. The number of aromatic hydroxyl groups is 1. The van der Waals surface area contributed by atoms with Crippen LogP contribution >= 0.6 is 0 Å². The van der Waals surface area contributed by atoms with E-state index in [0.717, 1.165) is 17.5 Å². The van der Waals surface area contributed by atoms with Crippen LogP contribution in [0.5, 0.6) is 5.75 Å². The Morgan fingerprint density at radius 1 is 0.850 bits per heavy atom. The van der Waals surface area contributed by atoms with Crippen molar-refractivity contribution < 1.29 is 5.11 Å². The molecule has 2 heteroatoms. The first-order chi connectivity index (χ1) is 9.74. The summed E-state index contributed by atoms with van der Waals surface area (Å²) in [5, 5.41) is 11.7. The van der Waals surface area contributed by atoms with Crippen LogP contribution in [0.4, 0.5) is 0 Å². The number of nitrogens with two attached hydrogens (primary N) is 1. The Balaban J connectivity index is 1.92. The predicted molar refractivity (Wildman–Crippen MR) is 82.7 cm³/mol. The van der Waals surface area contributed by atoms with Gasteiger partial charge in [0.25, 0.3) is 0 Å². The largest absolute Gasteiger partial charge is 0.508 e. The summed E-state index contributed by atoms with van der Waals surface area (Å²) in [6.07, 6.45) is 0.758. The van der Waals surface area contributed by atoms with Crippen molar-refractivity contribution in [2.24, 2.45) is 5.73 Å². The number of fused-ring (bicyclic) bond motifs is 1. The van der Waals surface area contributed by atoms with Gasteiger partial charge in [-0.05, 0) is 40.5 Å². The molecule has 0 saturated heterocycles. The predicted octanol–water partition coefficient (Wildman–Crippen LogP) is 3.79. The van der Waals surface area contributed by atoms with Gasteiger partial charge in [-0.25, -0.2) is 0 Å². The highest BCUT2D eigenvalue weighted by molar-refractivity contribution is 5.86. The molecule has 0 amide bonds. The van der Waals surface area contributed by atoms with E-state index in [0.29, 0.717) is 0 Å². The standard InChI is InChI=1S/C18H17NO/c19-18(12-13-8-10-15(20)11-9-13)17-7-3-5-14-4-1-2-6-16(14)17/h1-11,18,20H,12,19H2. The van der Waals surface area contributed by atoms with Crippen LogP contribution in [-0.2, 0) is 6.42 Å². The summed E-state index contributed by atoms with van der Waals surface area (Å²) in [4.78, 5) is 0. The summed E-state index contributed by atoms with van der Waals surface area (Å²) in [7, 11) is 0. The molecule has 20 heavy (non-hydrogen) atoms. The minimum Gasteiger partial charge on any atom is -0.508 e. The first-order valence-corrected chi connectivity index (χ1v) is 6.75. The Kier molecular flexibility index (Phi) is 3.40. The van der Waals surface area contributed by atoms with Gasteiger partial charge in [0.2, 0.25) is 0 Å². The Bertz CT molecular complexity index is 714. The van der Waals surface area contributed by atoms with Crippen LogP contribution in [0.15, 0.2) is 66.7 Å². The molecule has 0 spiro atoms. The van der Waals surface area contributed by atoms with E-state index in [2.05, 4.69) is 24.3 Å². The number of phenols is 1. The molecule has 2 nitrogen and oxygen atoms in total. The zero-order valence-electron chi connectivity index (χ0n) is 11.2. The molecule has 1 unspecified atom stereocenters. The summed E-state index contributed by atoms with van der Waals surface area (Å²) in [6, 6.07) is 21.7. The Hall–Kier alpha value is -2.32. The van der Waals surface area contributed by atoms with E-state index in [1.807, 2.05) is 30.3 Å². The Morgan fingerprint density at radius 2 is 1.55 bits per heavy atom. The van der Waals surface area contributed by atoms with Crippen molar-refractivity contribution in [3.63, 3.8) is 0 Å². The number of phenolic OH excluding ortho intramolecular Hbond substituents is 1. The van der Waals surface area contributed by atoms with Gasteiger partial charge in [0.05, 0.1) is 0 Å². The van der Waals surface area contributed by atoms with E-state index in [1.54, 1.807) is 12.1 Å². The molecule has 0 aromatic heterocycles. The molecule has 0 aliphatic heterocycles. The van der Waals surface area contributed by atoms with Crippen molar-refractivity contribution in [2.45, 2.75) is 12.5 Å². The highest BCUT2D eigenvalue weighted by Gasteiger charge is 2.10. The second-order valence-corrected chi connectivity index (χ2v) is 5.05. The first-order valence-electron chi connectivity index (χ1n) is 6.75. The molecule has 0 saturated carbocycles. The third-order valence-corrected chi connectivity index (χ3v) is 3.61. The zero-order chi connectivity index (χ0) is 13.9. The van der Waals surface area contributed by atoms with Crippen LogP contribution in [-0.4, -0.2) is 5.11 Å². The van der Waals surface area contributed by atoms with Gasteiger partial charge in [0.15, 0.2) is 0 Å². The lowest BCUT2D eigenvalue weighted by Crippen LogP contribution is -2.13. The quantitative estimate of drug-likeness (QED) is 0.755. The van der Waals surface area contributed by atoms with Crippen LogP contribution < -0.4 is 5.73 Å². The van der Waals surface area contributed by atoms with Gasteiger partial charge in [-0.3, -0.25) is 0 Å². The Labute approximate surface area is 118 Å². The molecule has 0 aliphatic carbocycles. The number of hydrogen-bond acceptors (Lipinski definition) is 2. The van der Waals surface area contributed by atoms with Crippen molar-refractivity contribution in [2.75, 3.05) is 0 Å². The van der Waals surface area contributed by atoms with Crippen LogP contribution in [0.1, 0.15) is 17.2 Å². The topological polar surface area (TPSA) is 46.2 Å². The third-order valence-electron chi connectivity index (χ3n) is 3.61. The maximum atomic E-state index is 9.32. The van der Waals surface area contributed by atoms with Gasteiger partial charge in [0, 0.05) is 6.04 Å². The van der Waals surface area contributed by atoms with Crippen LogP contribution in [0.25, 0.3) is 10.8 Å². The molecule has 100 valence electrons. The normalized spacial score (nSPS) is 12.4. The first kappa shape index (κ1) is 12.7. The zero-order valence-corrected chi connectivity index (χ0v) is 11.2. The minimum absolute atomic E-state index is 0.0503. The summed E-state index contributed by atoms with van der Waals surface area (Å²) >= 11 is 0. The average Bonchev–Trinajstić information content (AvgIpc) is 2.49. The molecule has 0 radical (unpaired) electrons. The number of hydrogen-bond donors (Lipinski definition) is 2. The lowest BCUT2D eigenvalue weighted by molar-refractivity contribution is 0.475. The SMILES string of the molecule is NC(Cc1ccc(O)cc1)c1cccc2ccccc12. The van der Waals surface area contributed by atoms with E-state index < -0.39 is 0 Å². The molecule has 0 aliphatic rings. The van der Waals surface area contributed by atoms with E-state index in [4.69, 9.17) is 5.73 Å². The molecule has 0 bridgehead atoms. The van der Waals surface area contributed by atoms with Gasteiger partial charge < -0.3 is 10.8 Å².